The van der Waals surface area contributed by atoms with Crippen LogP contribution >= 0.6 is 0 Å². The van der Waals surface area contributed by atoms with Crippen molar-refractivity contribution in [1.29, 1.82) is 0 Å². The first kappa shape index (κ1) is 17.0. The number of fused-ring (bicyclic) bond motifs is 1. The van der Waals surface area contributed by atoms with Crippen molar-refractivity contribution in [2.24, 2.45) is 0 Å². The predicted octanol–water partition coefficient (Wildman–Crippen LogP) is 0.726. The molecule has 25 heavy (non-hydrogen) atoms. The molecule has 1 aliphatic rings. The highest BCUT2D eigenvalue weighted by Gasteiger charge is 2.34. The number of amides is 1. The van der Waals surface area contributed by atoms with E-state index < -0.39 is 22.8 Å². The van der Waals surface area contributed by atoms with Crippen LogP contribution in [0, 0.1) is 0 Å². The number of aromatic hydroxyl groups is 1. The smallest absolute Gasteiger partial charge is 0.296 e. The number of nitrogens with two attached hydrogens (primary N) is 1. The van der Waals surface area contributed by atoms with Crippen molar-refractivity contribution in [3.05, 3.63) is 51.7 Å². The van der Waals surface area contributed by atoms with Gasteiger partial charge in [0.05, 0.1) is 13.2 Å². The number of nitrogens with one attached hydrogen (secondary N) is 1. The van der Waals surface area contributed by atoms with Gasteiger partial charge in [0.25, 0.3) is 11.5 Å². The molecule has 0 bridgehead atoms. The Balaban J connectivity index is 1.89. The van der Waals surface area contributed by atoms with Crippen LogP contribution in [0.1, 0.15) is 35.7 Å². The molecular weight excluding hydrogens is 324 g/mol. The van der Waals surface area contributed by atoms with E-state index >= 15 is 0 Å². The second-order valence-electron chi connectivity index (χ2n) is 6.37. The van der Waals surface area contributed by atoms with E-state index in [1.807, 2.05) is 0 Å². The fraction of sp³-hybridized carbons (Fsp3) is 0.353. The summed E-state index contributed by atoms with van der Waals surface area (Å²) in [6, 6.07) is 7.01. The summed E-state index contributed by atoms with van der Waals surface area (Å²) in [7, 11) is 0. The number of hydrogen-bond donors (Lipinski definition) is 3. The first-order valence-corrected chi connectivity index (χ1v) is 7.90. The third kappa shape index (κ3) is 3.20. The van der Waals surface area contributed by atoms with Gasteiger partial charge in [-0.25, -0.2) is 4.98 Å². The molecular formula is C17H20N4O4. The molecule has 0 fully saturated rings. The Morgan fingerprint density at radius 1 is 1.40 bits per heavy atom. The van der Waals surface area contributed by atoms with Crippen molar-refractivity contribution < 1.29 is 14.6 Å². The summed E-state index contributed by atoms with van der Waals surface area (Å²) < 4.78 is 6.96. The normalized spacial score (nSPS) is 15.4. The van der Waals surface area contributed by atoms with Crippen LogP contribution in [-0.4, -0.2) is 27.2 Å². The van der Waals surface area contributed by atoms with Crippen LogP contribution in [0.5, 0.6) is 5.75 Å². The lowest BCUT2D eigenvalue weighted by molar-refractivity contribution is -0.0566. The predicted molar refractivity (Wildman–Crippen MR) is 91.2 cm³/mol. The number of anilines is 1. The number of benzene rings is 1. The third-order valence-corrected chi connectivity index (χ3v) is 4.11. The Kier molecular flexibility index (Phi) is 4.22. The van der Waals surface area contributed by atoms with Crippen molar-refractivity contribution in [3.8, 4) is 5.75 Å². The number of ether oxygens (including phenoxy) is 1. The Hall–Kier alpha value is -2.87. The van der Waals surface area contributed by atoms with Gasteiger partial charge in [0.1, 0.15) is 11.4 Å². The third-order valence-electron chi connectivity index (χ3n) is 4.11. The van der Waals surface area contributed by atoms with E-state index in [1.165, 1.54) is 4.57 Å². The van der Waals surface area contributed by atoms with Gasteiger partial charge in [0, 0.05) is 12.2 Å². The maximum atomic E-state index is 12.4. The fourth-order valence-corrected chi connectivity index (χ4v) is 2.73. The lowest BCUT2D eigenvalue weighted by Crippen LogP contribution is -2.42. The molecule has 0 saturated carbocycles. The summed E-state index contributed by atoms with van der Waals surface area (Å²) in [5.41, 5.74) is 5.32. The highest BCUT2D eigenvalue weighted by Crippen LogP contribution is 2.27. The highest BCUT2D eigenvalue weighted by molar-refractivity contribution is 5.94. The Labute approximate surface area is 144 Å². The highest BCUT2D eigenvalue weighted by atomic mass is 16.5. The minimum Gasteiger partial charge on any atom is -0.501 e. The van der Waals surface area contributed by atoms with Gasteiger partial charge in [0.2, 0.25) is 5.75 Å². The summed E-state index contributed by atoms with van der Waals surface area (Å²) in [5, 5.41) is 12.8. The summed E-state index contributed by atoms with van der Waals surface area (Å²) in [5.74, 6) is -0.966. The number of nitrogens with zero attached hydrogens (tertiary/aromatic N) is 2. The summed E-state index contributed by atoms with van der Waals surface area (Å²) in [6.45, 7) is 4.36. The average molecular weight is 344 g/mol. The molecule has 8 heteroatoms. The van der Waals surface area contributed by atoms with Gasteiger partial charge in [-0.3, -0.25) is 14.2 Å². The van der Waals surface area contributed by atoms with E-state index in [4.69, 9.17) is 10.5 Å². The Morgan fingerprint density at radius 3 is 2.76 bits per heavy atom. The van der Waals surface area contributed by atoms with E-state index in [-0.39, 0.29) is 18.8 Å². The largest absolute Gasteiger partial charge is 0.501 e. The maximum Gasteiger partial charge on any atom is 0.296 e. The molecule has 8 nitrogen and oxygen atoms in total. The first-order chi connectivity index (χ1) is 11.8. The molecule has 2 heterocycles. The maximum absolute atomic E-state index is 12.4. The minimum atomic E-state index is -0.822. The zero-order valence-electron chi connectivity index (χ0n) is 14.1. The molecule has 4 N–H and O–H groups in total. The van der Waals surface area contributed by atoms with Gasteiger partial charge in [-0.05, 0) is 31.5 Å². The van der Waals surface area contributed by atoms with Crippen LogP contribution in [-0.2, 0) is 23.4 Å². The van der Waals surface area contributed by atoms with Crippen molar-refractivity contribution in [2.45, 2.75) is 32.5 Å². The van der Waals surface area contributed by atoms with E-state index in [1.54, 1.807) is 38.1 Å². The minimum absolute atomic E-state index is 0.221. The van der Waals surface area contributed by atoms with Crippen molar-refractivity contribution in [1.82, 2.24) is 14.9 Å². The van der Waals surface area contributed by atoms with Crippen LogP contribution in [0.3, 0.4) is 0 Å². The standard InChI is InChI=1S/C17H20N4O4/c1-17(2)16-20-12(13(22)15(24)21(16)7-8-25-17)14(23)19-9-10-3-5-11(18)6-4-10/h3-6,22H,7-9,18H2,1-2H3,(H,19,23). The molecule has 0 saturated heterocycles. The lowest BCUT2D eigenvalue weighted by Gasteiger charge is -2.32. The zero-order chi connectivity index (χ0) is 18.2. The van der Waals surface area contributed by atoms with Crippen molar-refractivity contribution in [3.63, 3.8) is 0 Å². The van der Waals surface area contributed by atoms with Crippen LogP contribution < -0.4 is 16.6 Å². The molecule has 0 atom stereocenters. The molecule has 2 aromatic rings. The number of rotatable bonds is 3. The molecule has 3 rings (SSSR count). The zero-order valence-corrected chi connectivity index (χ0v) is 14.1. The SMILES string of the molecule is CC1(C)OCCn2c1nc(C(=O)NCc1ccc(N)cc1)c(O)c2=O. The second-order valence-corrected chi connectivity index (χ2v) is 6.37. The fourth-order valence-electron chi connectivity index (χ4n) is 2.73. The van der Waals surface area contributed by atoms with Gasteiger partial charge in [-0.2, -0.15) is 0 Å². The van der Waals surface area contributed by atoms with Gasteiger partial charge in [-0.15, -0.1) is 0 Å². The average Bonchev–Trinajstić information content (AvgIpc) is 2.57. The molecule has 1 aromatic heterocycles. The number of aromatic nitrogens is 2. The summed E-state index contributed by atoms with van der Waals surface area (Å²) >= 11 is 0. The number of carbonyl (C=O) groups excluding carboxylic acids is 1. The topological polar surface area (TPSA) is 119 Å². The molecule has 1 aromatic carbocycles. The number of hydrogen-bond acceptors (Lipinski definition) is 6. The van der Waals surface area contributed by atoms with E-state index in [0.29, 0.717) is 18.1 Å². The number of carbonyl (C=O) groups is 1. The van der Waals surface area contributed by atoms with Crippen LogP contribution in [0.2, 0.25) is 0 Å². The van der Waals surface area contributed by atoms with Gasteiger partial charge in [0.15, 0.2) is 5.69 Å². The summed E-state index contributed by atoms with van der Waals surface area (Å²) in [6.07, 6.45) is 0. The molecule has 1 aliphatic heterocycles. The van der Waals surface area contributed by atoms with Gasteiger partial charge >= 0.3 is 0 Å². The van der Waals surface area contributed by atoms with Gasteiger partial charge in [-0.1, -0.05) is 12.1 Å². The molecule has 0 spiro atoms. The number of nitrogen functional groups attached to an aromatic ring is 1. The van der Waals surface area contributed by atoms with Crippen LogP contribution in [0.25, 0.3) is 0 Å². The van der Waals surface area contributed by atoms with E-state index in [9.17, 15) is 14.7 Å². The first-order valence-electron chi connectivity index (χ1n) is 7.90. The molecule has 1 amide bonds. The van der Waals surface area contributed by atoms with Crippen molar-refractivity contribution in [2.75, 3.05) is 12.3 Å². The van der Waals surface area contributed by atoms with E-state index in [2.05, 4.69) is 10.3 Å². The summed E-state index contributed by atoms with van der Waals surface area (Å²) in [4.78, 5) is 29.0. The lowest BCUT2D eigenvalue weighted by atomic mass is 10.1. The molecule has 0 aliphatic carbocycles. The van der Waals surface area contributed by atoms with Crippen molar-refractivity contribution >= 4 is 11.6 Å². The van der Waals surface area contributed by atoms with Crippen LogP contribution in [0.15, 0.2) is 29.1 Å². The Bertz CT molecular complexity index is 871. The quantitative estimate of drug-likeness (QED) is 0.706. The Morgan fingerprint density at radius 2 is 2.08 bits per heavy atom. The molecule has 132 valence electrons. The van der Waals surface area contributed by atoms with Gasteiger partial charge < -0.3 is 20.9 Å². The molecule has 0 radical (unpaired) electrons. The van der Waals surface area contributed by atoms with Crippen LogP contribution in [0.4, 0.5) is 5.69 Å². The van der Waals surface area contributed by atoms with E-state index in [0.717, 1.165) is 5.56 Å². The monoisotopic (exact) mass is 344 g/mol. The molecule has 0 unspecified atom stereocenters. The second kappa shape index (κ2) is 6.21.